The van der Waals surface area contributed by atoms with Gasteiger partial charge in [0.15, 0.2) is 0 Å². The third kappa shape index (κ3) is 2.68. The van der Waals surface area contributed by atoms with Gasteiger partial charge in [0.05, 0.1) is 21.2 Å². The number of fused-ring (bicyclic) bond motifs is 2. The van der Waals surface area contributed by atoms with E-state index >= 15 is 0 Å². The maximum atomic E-state index is 12.8. The molecule has 7 heteroatoms. The number of amides is 3. The highest BCUT2D eigenvalue weighted by Gasteiger charge is 2.38. The van der Waals surface area contributed by atoms with Crippen LogP contribution in [0.3, 0.4) is 0 Å². The number of rotatable bonds is 2. The van der Waals surface area contributed by atoms with E-state index in [1.807, 2.05) is 24.3 Å². The lowest BCUT2D eigenvalue weighted by Crippen LogP contribution is -2.44. The van der Waals surface area contributed by atoms with Gasteiger partial charge in [-0.2, -0.15) is 0 Å². The number of aryl methyl sites for hydroxylation is 1. The Kier molecular flexibility index (Phi) is 4.21. The van der Waals surface area contributed by atoms with Crippen LogP contribution >= 0.6 is 23.2 Å². The highest BCUT2D eigenvalue weighted by molar-refractivity contribution is 6.43. The minimum absolute atomic E-state index is 0.177. The molecular formula is C19H14Cl2N2O3. The van der Waals surface area contributed by atoms with Gasteiger partial charge in [-0.1, -0.05) is 41.4 Å². The molecule has 3 amide bonds. The maximum Gasteiger partial charge on any atom is 0.262 e. The molecule has 2 aliphatic rings. The average molecular weight is 389 g/mol. The largest absolute Gasteiger partial charge is 0.311 e. The van der Waals surface area contributed by atoms with Gasteiger partial charge >= 0.3 is 0 Å². The van der Waals surface area contributed by atoms with Crippen molar-refractivity contribution in [2.75, 3.05) is 18.0 Å². The van der Waals surface area contributed by atoms with E-state index in [9.17, 15) is 14.4 Å². The fourth-order valence-electron chi connectivity index (χ4n) is 3.44. The number of carbonyl (C=O) groups excluding carboxylic acids is 3. The van der Waals surface area contributed by atoms with Gasteiger partial charge in [-0.15, -0.1) is 0 Å². The number of anilines is 1. The van der Waals surface area contributed by atoms with Crippen molar-refractivity contribution < 1.29 is 14.4 Å². The zero-order valence-electron chi connectivity index (χ0n) is 13.7. The van der Waals surface area contributed by atoms with E-state index in [1.54, 1.807) is 4.90 Å². The maximum absolute atomic E-state index is 12.8. The molecule has 0 unspecified atom stereocenters. The van der Waals surface area contributed by atoms with Gasteiger partial charge in [-0.05, 0) is 36.6 Å². The van der Waals surface area contributed by atoms with Crippen LogP contribution < -0.4 is 4.90 Å². The van der Waals surface area contributed by atoms with Crippen molar-refractivity contribution in [3.05, 3.63) is 63.1 Å². The van der Waals surface area contributed by atoms with Crippen LogP contribution in [0.1, 0.15) is 32.7 Å². The van der Waals surface area contributed by atoms with Crippen molar-refractivity contribution in [2.45, 2.75) is 12.8 Å². The Labute approximate surface area is 160 Å². The van der Waals surface area contributed by atoms with Crippen molar-refractivity contribution >= 4 is 46.6 Å². The molecule has 4 rings (SSSR count). The molecule has 132 valence electrons. The first-order valence-electron chi connectivity index (χ1n) is 8.21. The van der Waals surface area contributed by atoms with Crippen LogP contribution in [-0.2, 0) is 11.2 Å². The molecular weight excluding hydrogens is 375 g/mol. The number of imide groups is 1. The summed E-state index contributed by atoms with van der Waals surface area (Å²) in [5.41, 5.74) is 2.28. The number of hydrogen-bond donors (Lipinski definition) is 0. The number of nitrogens with zero attached hydrogens (tertiary/aromatic N) is 2. The summed E-state index contributed by atoms with van der Waals surface area (Å²) in [6, 6.07) is 10.4. The normalized spacial score (nSPS) is 15.9. The van der Waals surface area contributed by atoms with Gasteiger partial charge in [0.1, 0.15) is 6.54 Å². The molecule has 0 saturated carbocycles. The second-order valence-corrected chi connectivity index (χ2v) is 7.10. The third-order valence-corrected chi connectivity index (χ3v) is 5.44. The second-order valence-electron chi connectivity index (χ2n) is 6.29. The van der Waals surface area contributed by atoms with Gasteiger partial charge in [-0.25, -0.2) is 0 Å². The Morgan fingerprint density at radius 3 is 2.27 bits per heavy atom. The first-order valence-corrected chi connectivity index (χ1v) is 8.96. The summed E-state index contributed by atoms with van der Waals surface area (Å²) in [7, 11) is 0. The summed E-state index contributed by atoms with van der Waals surface area (Å²) in [6.07, 6.45) is 1.75. The first-order chi connectivity index (χ1) is 12.5. The molecule has 0 spiro atoms. The molecule has 0 aliphatic carbocycles. The quantitative estimate of drug-likeness (QED) is 0.738. The number of para-hydroxylation sites is 1. The van der Waals surface area contributed by atoms with E-state index in [2.05, 4.69) is 0 Å². The number of halogens is 2. The van der Waals surface area contributed by atoms with Crippen LogP contribution in [0.25, 0.3) is 0 Å². The lowest BCUT2D eigenvalue weighted by molar-refractivity contribution is -0.119. The number of hydrogen-bond acceptors (Lipinski definition) is 3. The molecule has 5 nitrogen and oxygen atoms in total. The molecule has 26 heavy (non-hydrogen) atoms. The van der Waals surface area contributed by atoms with Gasteiger partial charge in [0.2, 0.25) is 5.91 Å². The van der Waals surface area contributed by atoms with Gasteiger partial charge in [-0.3, -0.25) is 19.3 Å². The minimum Gasteiger partial charge on any atom is -0.311 e. The molecule has 0 fully saturated rings. The Balaban J connectivity index is 1.60. The highest BCUT2D eigenvalue weighted by atomic mass is 35.5. The molecule has 0 saturated heterocycles. The first kappa shape index (κ1) is 17.1. The Bertz CT molecular complexity index is 917. The van der Waals surface area contributed by atoms with E-state index in [4.69, 9.17) is 23.2 Å². The predicted octanol–water partition coefficient (Wildman–Crippen LogP) is 3.57. The molecule has 0 N–H and O–H groups in total. The minimum atomic E-state index is -0.526. The second kappa shape index (κ2) is 6.41. The van der Waals surface area contributed by atoms with Crippen LogP contribution in [0, 0.1) is 0 Å². The summed E-state index contributed by atoms with van der Waals surface area (Å²) >= 11 is 11.9. The third-order valence-electron chi connectivity index (χ3n) is 4.72. The Morgan fingerprint density at radius 2 is 1.62 bits per heavy atom. The lowest BCUT2D eigenvalue weighted by Gasteiger charge is -2.30. The van der Waals surface area contributed by atoms with E-state index in [0.29, 0.717) is 6.54 Å². The Hall–Kier alpha value is -2.37. The molecule has 2 heterocycles. The fraction of sp³-hybridized carbons (Fsp3) is 0.211. The fourth-order valence-corrected chi connectivity index (χ4v) is 3.77. The van der Waals surface area contributed by atoms with Crippen molar-refractivity contribution in [3.63, 3.8) is 0 Å². The molecule has 2 aliphatic heterocycles. The van der Waals surface area contributed by atoms with Gasteiger partial charge in [0, 0.05) is 12.2 Å². The van der Waals surface area contributed by atoms with E-state index in [-0.39, 0.29) is 33.6 Å². The zero-order valence-corrected chi connectivity index (χ0v) is 15.2. The van der Waals surface area contributed by atoms with E-state index in [0.717, 1.165) is 29.0 Å². The zero-order chi connectivity index (χ0) is 18.4. The molecule has 0 radical (unpaired) electrons. The number of carbonyl (C=O) groups is 3. The molecule has 0 bridgehead atoms. The summed E-state index contributed by atoms with van der Waals surface area (Å²) in [5, 5.41) is 0.398. The van der Waals surface area contributed by atoms with Crippen LogP contribution in [0.4, 0.5) is 5.69 Å². The molecule has 0 atom stereocenters. The summed E-state index contributed by atoms with van der Waals surface area (Å²) in [5.74, 6) is -1.34. The summed E-state index contributed by atoms with van der Waals surface area (Å²) < 4.78 is 0. The van der Waals surface area contributed by atoms with Gasteiger partial charge in [0.25, 0.3) is 11.8 Å². The molecule has 2 aromatic carbocycles. The summed E-state index contributed by atoms with van der Waals surface area (Å²) in [6.45, 7) is 0.257. The van der Waals surface area contributed by atoms with Crippen LogP contribution in [0.15, 0.2) is 36.4 Å². The molecule has 2 aromatic rings. The smallest absolute Gasteiger partial charge is 0.262 e. The monoisotopic (exact) mass is 388 g/mol. The topological polar surface area (TPSA) is 57.7 Å². The average Bonchev–Trinajstić information content (AvgIpc) is 2.86. The predicted molar refractivity (Wildman–Crippen MR) is 98.9 cm³/mol. The highest BCUT2D eigenvalue weighted by Crippen LogP contribution is 2.32. The molecule has 0 aromatic heterocycles. The van der Waals surface area contributed by atoms with Crippen molar-refractivity contribution in [2.24, 2.45) is 0 Å². The van der Waals surface area contributed by atoms with Crippen LogP contribution in [-0.4, -0.2) is 35.7 Å². The van der Waals surface area contributed by atoms with Crippen molar-refractivity contribution in [1.82, 2.24) is 4.90 Å². The van der Waals surface area contributed by atoms with Gasteiger partial charge < -0.3 is 4.90 Å². The Morgan fingerprint density at radius 1 is 1.00 bits per heavy atom. The SMILES string of the molecule is O=C1c2cc(Cl)c(Cl)cc2C(=O)N1CC(=O)N1CCCc2ccccc21. The number of benzene rings is 2. The standard InChI is InChI=1S/C19H14Cl2N2O3/c20-14-8-12-13(9-15(14)21)19(26)23(18(12)25)10-17(24)22-7-3-5-11-4-1-2-6-16(11)22/h1-2,4,6,8-9H,3,5,7,10H2. The van der Waals surface area contributed by atoms with Crippen molar-refractivity contribution in [1.29, 1.82) is 0 Å². The summed E-state index contributed by atoms with van der Waals surface area (Å²) in [4.78, 5) is 40.6. The lowest BCUT2D eigenvalue weighted by atomic mass is 10.0. The van der Waals surface area contributed by atoms with E-state index in [1.165, 1.54) is 12.1 Å². The van der Waals surface area contributed by atoms with Crippen molar-refractivity contribution in [3.8, 4) is 0 Å². The van der Waals surface area contributed by atoms with Crippen LogP contribution in [0.5, 0.6) is 0 Å². The van der Waals surface area contributed by atoms with E-state index < -0.39 is 11.8 Å². The van der Waals surface area contributed by atoms with Crippen LogP contribution in [0.2, 0.25) is 10.0 Å².